The highest BCUT2D eigenvalue weighted by atomic mass is 16.5. The topological polar surface area (TPSA) is 55.7 Å². The van der Waals surface area contributed by atoms with Crippen LogP contribution in [0.5, 0.6) is 5.75 Å². The Balaban J connectivity index is 1.75. The highest BCUT2D eigenvalue weighted by Crippen LogP contribution is 2.24. The molecule has 0 bridgehead atoms. The number of morpholine rings is 1. The van der Waals surface area contributed by atoms with E-state index in [1.165, 1.54) is 0 Å². The molecular weight excluding hydrogens is 366 g/mol. The molecule has 158 valence electrons. The molecule has 0 spiro atoms. The van der Waals surface area contributed by atoms with Crippen LogP contribution in [0.4, 0.5) is 0 Å². The third kappa shape index (κ3) is 4.82. The number of rotatable bonds is 7. The second-order valence-corrected chi connectivity index (χ2v) is 7.99. The van der Waals surface area contributed by atoms with E-state index in [1.54, 1.807) is 7.11 Å². The predicted octanol–water partition coefficient (Wildman–Crippen LogP) is 3.19. The Bertz CT molecular complexity index is 838. The second kappa shape index (κ2) is 9.46. The first-order valence-electron chi connectivity index (χ1n) is 10.4. The van der Waals surface area contributed by atoms with Gasteiger partial charge in [-0.15, -0.1) is 0 Å². The zero-order chi connectivity index (χ0) is 21.0. The number of aromatic nitrogens is 1. The number of nitrogens with one attached hydrogen (secondary N) is 1. The van der Waals surface area contributed by atoms with Crippen LogP contribution in [0.2, 0.25) is 0 Å². The summed E-state index contributed by atoms with van der Waals surface area (Å²) in [4.78, 5) is 15.4. The van der Waals surface area contributed by atoms with Crippen LogP contribution >= 0.6 is 0 Å². The number of nitrogens with zero attached hydrogens (tertiary/aromatic N) is 2. The molecule has 2 aromatic rings. The SMILES string of the molecule is COc1cccc(-n2c(C)cc(C(=O)NCC(C(C)C)N3CCOCC3)c2C)c1. The molecule has 1 N–H and O–H groups in total. The summed E-state index contributed by atoms with van der Waals surface area (Å²) in [5.74, 6) is 1.23. The van der Waals surface area contributed by atoms with Crippen molar-refractivity contribution >= 4 is 5.91 Å². The first-order chi connectivity index (χ1) is 13.9. The van der Waals surface area contributed by atoms with Gasteiger partial charge in [0.05, 0.1) is 25.9 Å². The number of methoxy groups -OCH3 is 1. The maximum absolute atomic E-state index is 13.0. The van der Waals surface area contributed by atoms with Gasteiger partial charge in [0, 0.05) is 48.8 Å². The third-order valence-electron chi connectivity index (χ3n) is 5.74. The molecule has 0 saturated carbocycles. The van der Waals surface area contributed by atoms with Crippen LogP contribution in [0.3, 0.4) is 0 Å². The van der Waals surface area contributed by atoms with Crippen molar-refractivity contribution in [3.63, 3.8) is 0 Å². The van der Waals surface area contributed by atoms with E-state index in [0.717, 1.165) is 54.7 Å². The van der Waals surface area contributed by atoms with E-state index >= 15 is 0 Å². The molecule has 1 aliphatic rings. The zero-order valence-electron chi connectivity index (χ0n) is 18.2. The molecule has 1 atom stereocenters. The molecule has 1 aromatic heterocycles. The summed E-state index contributed by atoms with van der Waals surface area (Å²) >= 11 is 0. The molecule has 6 heteroatoms. The van der Waals surface area contributed by atoms with E-state index in [2.05, 4.69) is 28.6 Å². The first kappa shape index (κ1) is 21.4. The Morgan fingerprint density at radius 2 is 1.93 bits per heavy atom. The molecule has 1 saturated heterocycles. The van der Waals surface area contributed by atoms with Crippen LogP contribution in [0, 0.1) is 19.8 Å². The van der Waals surface area contributed by atoms with Gasteiger partial charge < -0.3 is 19.4 Å². The summed E-state index contributed by atoms with van der Waals surface area (Å²) in [6, 6.07) is 10.2. The molecule has 1 aromatic carbocycles. The summed E-state index contributed by atoms with van der Waals surface area (Å²) < 4.78 is 12.9. The molecule has 3 rings (SSSR count). The summed E-state index contributed by atoms with van der Waals surface area (Å²) in [7, 11) is 1.66. The average molecular weight is 400 g/mol. The van der Waals surface area contributed by atoms with Gasteiger partial charge in [0.2, 0.25) is 0 Å². The molecule has 1 aliphatic heterocycles. The second-order valence-electron chi connectivity index (χ2n) is 7.99. The highest BCUT2D eigenvalue weighted by molar-refractivity contribution is 5.96. The standard InChI is InChI=1S/C23H33N3O3/c1-16(2)22(25-9-11-29-12-10-25)15-24-23(27)21-13-17(3)26(18(21)4)19-7-6-8-20(14-19)28-5/h6-8,13-14,16,22H,9-12,15H2,1-5H3,(H,24,27). The predicted molar refractivity (Wildman–Crippen MR) is 115 cm³/mol. The van der Waals surface area contributed by atoms with Crippen LogP contribution in [0.25, 0.3) is 5.69 Å². The van der Waals surface area contributed by atoms with Gasteiger partial charge in [0.15, 0.2) is 0 Å². The Labute approximate surface area is 173 Å². The number of carbonyl (C=O) groups is 1. The molecule has 1 amide bonds. The zero-order valence-corrected chi connectivity index (χ0v) is 18.2. The van der Waals surface area contributed by atoms with Gasteiger partial charge >= 0.3 is 0 Å². The van der Waals surface area contributed by atoms with Crippen molar-refractivity contribution in [3.8, 4) is 11.4 Å². The minimum Gasteiger partial charge on any atom is -0.497 e. The van der Waals surface area contributed by atoms with Crippen LogP contribution in [-0.4, -0.2) is 61.4 Å². The number of benzene rings is 1. The lowest BCUT2D eigenvalue weighted by Gasteiger charge is -2.36. The molecule has 2 heterocycles. The monoisotopic (exact) mass is 399 g/mol. The normalized spacial score (nSPS) is 16.1. The molecule has 6 nitrogen and oxygen atoms in total. The molecule has 29 heavy (non-hydrogen) atoms. The van der Waals surface area contributed by atoms with Gasteiger partial charge in [-0.25, -0.2) is 0 Å². The van der Waals surface area contributed by atoms with Crippen molar-refractivity contribution in [2.24, 2.45) is 5.92 Å². The van der Waals surface area contributed by atoms with Crippen LogP contribution in [0.15, 0.2) is 30.3 Å². The number of carbonyl (C=O) groups excluding carboxylic acids is 1. The van der Waals surface area contributed by atoms with Crippen molar-refractivity contribution < 1.29 is 14.3 Å². The lowest BCUT2D eigenvalue weighted by atomic mass is 10.0. The van der Waals surface area contributed by atoms with Gasteiger partial charge in [0.1, 0.15) is 5.75 Å². The van der Waals surface area contributed by atoms with E-state index in [-0.39, 0.29) is 5.91 Å². The van der Waals surface area contributed by atoms with Gasteiger partial charge in [0.25, 0.3) is 5.91 Å². The fourth-order valence-corrected chi connectivity index (χ4v) is 4.13. The quantitative estimate of drug-likeness (QED) is 0.777. The highest BCUT2D eigenvalue weighted by Gasteiger charge is 2.25. The van der Waals surface area contributed by atoms with E-state index in [0.29, 0.717) is 18.5 Å². The Kier molecular flexibility index (Phi) is 6.98. The number of aryl methyl sites for hydroxylation is 1. The van der Waals surface area contributed by atoms with Crippen molar-refractivity contribution in [2.45, 2.75) is 33.7 Å². The Morgan fingerprint density at radius 1 is 1.21 bits per heavy atom. The number of amides is 1. The third-order valence-corrected chi connectivity index (χ3v) is 5.74. The minimum absolute atomic E-state index is 0.0221. The van der Waals surface area contributed by atoms with E-state index in [9.17, 15) is 4.79 Å². The van der Waals surface area contributed by atoms with Crippen molar-refractivity contribution in [3.05, 3.63) is 47.3 Å². The van der Waals surface area contributed by atoms with E-state index < -0.39 is 0 Å². The molecule has 0 radical (unpaired) electrons. The molecule has 1 fully saturated rings. The molecule has 0 aliphatic carbocycles. The molecule has 1 unspecified atom stereocenters. The molecular formula is C23H33N3O3. The minimum atomic E-state index is -0.0221. The van der Waals surface area contributed by atoms with Gasteiger partial charge in [-0.05, 0) is 38.0 Å². The van der Waals surface area contributed by atoms with E-state index in [4.69, 9.17) is 9.47 Å². The lowest BCUT2D eigenvalue weighted by molar-refractivity contribution is 0.00672. The number of hydrogen-bond acceptors (Lipinski definition) is 4. The number of hydrogen-bond donors (Lipinski definition) is 1. The smallest absolute Gasteiger partial charge is 0.253 e. The first-order valence-corrected chi connectivity index (χ1v) is 10.4. The maximum Gasteiger partial charge on any atom is 0.253 e. The van der Waals surface area contributed by atoms with Crippen LogP contribution in [0.1, 0.15) is 35.6 Å². The summed E-state index contributed by atoms with van der Waals surface area (Å²) in [5.41, 5.74) is 3.66. The number of ether oxygens (including phenoxy) is 2. The summed E-state index contributed by atoms with van der Waals surface area (Å²) in [6.07, 6.45) is 0. The van der Waals surface area contributed by atoms with Gasteiger partial charge in [-0.3, -0.25) is 9.69 Å². The van der Waals surface area contributed by atoms with Crippen molar-refractivity contribution in [1.82, 2.24) is 14.8 Å². The van der Waals surface area contributed by atoms with Crippen molar-refractivity contribution in [1.29, 1.82) is 0 Å². The summed E-state index contributed by atoms with van der Waals surface area (Å²) in [5, 5.41) is 3.17. The Hall–Kier alpha value is -2.31. The Morgan fingerprint density at radius 3 is 2.59 bits per heavy atom. The van der Waals surface area contributed by atoms with Crippen molar-refractivity contribution in [2.75, 3.05) is 40.0 Å². The van der Waals surface area contributed by atoms with Crippen LogP contribution in [-0.2, 0) is 4.74 Å². The largest absolute Gasteiger partial charge is 0.497 e. The van der Waals surface area contributed by atoms with E-state index in [1.807, 2.05) is 44.2 Å². The van der Waals surface area contributed by atoms with Gasteiger partial charge in [-0.2, -0.15) is 0 Å². The maximum atomic E-state index is 13.0. The lowest BCUT2D eigenvalue weighted by Crippen LogP contribution is -2.51. The fraction of sp³-hybridized carbons (Fsp3) is 0.522. The van der Waals surface area contributed by atoms with Crippen LogP contribution < -0.4 is 10.1 Å². The fourth-order valence-electron chi connectivity index (χ4n) is 4.13. The average Bonchev–Trinajstić information content (AvgIpc) is 3.02. The summed E-state index contributed by atoms with van der Waals surface area (Å²) in [6.45, 7) is 12.4. The van der Waals surface area contributed by atoms with Gasteiger partial charge in [-0.1, -0.05) is 19.9 Å².